The number of ether oxygens (including phenoxy) is 2. The predicted octanol–water partition coefficient (Wildman–Crippen LogP) is 2.71. The van der Waals surface area contributed by atoms with Gasteiger partial charge in [-0.05, 0) is 44.0 Å². The Morgan fingerprint density at radius 1 is 1.23 bits per heavy atom. The fraction of sp³-hybridized carbons (Fsp3) is 0.364. The maximum absolute atomic E-state index is 12.9. The fourth-order valence-corrected chi connectivity index (χ4v) is 3.63. The molecule has 1 N–H and O–H groups in total. The van der Waals surface area contributed by atoms with Crippen molar-refractivity contribution in [3.8, 4) is 11.5 Å². The van der Waals surface area contributed by atoms with E-state index in [0.29, 0.717) is 42.0 Å². The lowest BCUT2D eigenvalue weighted by molar-refractivity contribution is -0.385. The molecule has 9 heteroatoms. The fourth-order valence-electron chi connectivity index (χ4n) is 3.63. The van der Waals surface area contributed by atoms with Crippen LogP contribution in [0, 0.1) is 17.0 Å². The maximum atomic E-state index is 12.9. The average molecular weight is 427 g/mol. The minimum atomic E-state index is -0.575. The Bertz CT molecular complexity index is 977. The highest BCUT2D eigenvalue weighted by Crippen LogP contribution is 2.26. The van der Waals surface area contributed by atoms with Crippen LogP contribution in [0.3, 0.4) is 0 Å². The zero-order chi connectivity index (χ0) is 22.4. The van der Waals surface area contributed by atoms with Crippen molar-refractivity contribution in [3.05, 3.63) is 63.7 Å². The molecule has 164 valence electrons. The van der Waals surface area contributed by atoms with E-state index in [1.165, 1.54) is 23.1 Å². The highest BCUT2D eigenvalue weighted by molar-refractivity contribution is 5.98. The van der Waals surface area contributed by atoms with Crippen molar-refractivity contribution in [2.24, 2.45) is 0 Å². The Morgan fingerprint density at radius 2 is 1.97 bits per heavy atom. The average Bonchev–Trinajstić information content (AvgIpc) is 3.26. The number of benzene rings is 2. The largest absolute Gasteiger partial charge is 0.493 e. The molecule has 1 fully saturated rings. The summed E-state index contributed by atoms with van der Waals surface area (Å²) in [7, 11) is 1.56. The molecule has 1 aliphatic heterocycles. The quantitative estimate of drug-likeness (QED) is 0.394. The van der Waals surface area contributed by atoms with Gasteiger partial charge in [-0.1, -0.05) is 12.1 Å². The number of hydrogen-bond acceptors (Lipinski definition) is 6. The molecule has 1 saturated heterocycles. The van der Waals surface area contributed by atoms with E-state index in [4.69, 9.17) is 9.47 Å². The molecule has 2 aromatic carbocycles. The first-order chi connectivity index (χ1) is 14.9. The molecular formula is C22H25N3O6. The van der Waals surface area contributed by atoms with E-state index in [1.807, 2.05) is 12.1 Å². The van der Waals surface area contributed by atoms with E-state index in [1.54, 1.807) is 26.2 Å². The molecule has 3 rings (SSSR count). The summed E-state index contributed by atoms with van der Waals surface area (Å²) in [4.78, 5) is 37.6. The molecule has 0 spiro atoms. The molecule has 31 heavy (non-hydrogen) atoms. The van der Waals surface area contributed by atoms with Crippen LogP contribution in [0.15, 0.2) is 42.5 Å². The van der Waals surface area contributed by atoms with Crippen LogP contribution in [0.1, 0.15) is 28.8 Å². The van der Waals surface area contributed by atoms with Gasteiger partial charge in [-0.15, -0.1) is 0 Å². The Labute approximate surface area is 180 Å². The molecule has 1 unspecified atom stereocenters. The van der Waals surface area contributed by atoms with Crippen molar-refractivity contribution in [2.75, 3.05) is 26.8 Å². The van der Waals surface area contributed by atoms with Crippen LogP contribution >= 0.6 is 0 Å². The standard InChI is InChI=1S/C22H25N3O6/c1-15-14-16(9-10-17(15)25(28)29)22(27)24-12-5-6-18(24)21(26)23-11-13-31-20-8-4-3-7-19(20)30-2/h3-4,7-10,14,18H,5-6,11-13H2,1-2H3,(H,23,26). The molecule has 2 amide bonds. The first-order valence-electron chi connectivity index (χ1n) is 10.0. The monoisotopic (exact) mass is 427 g/mol. The predicted molar refractivity (Wildman–Crippen MR) is 113 cm³/mol. The summed E-state index contributed by atoms with van der Waals surface area (Å²) in [5.41, 5.74) is 0.703. The third-order valence-corrected chi connectivity index (χ3v) is 5.18. The number of aryl methyl sites for hydroxylation is 1. The Morgan fingerprint density at radius 3 is 2.65 bits per heavy atom. The third-order valence-electron chi connectivity index (χ3n) is 5.18. The lowest BCUT2D eigenvalue weighted by Crippen LogP contribution is -2.46. The Hall–Kier alpha value is -3.62. The van der Waals surface area contributed by atoms with E-state index in [-0.39, 0.29) is 30.7 Å². The van der Waals surface area contributed by atoms with Gasteiger partial charge in [0.1, 0.15) is 12.6 Å². The third kappa shape index (κ3) is 5.11. The van der Waals surface area contributed by atoms with Crippen molar-refractivity contribution in [2.45, 2.75) is 25.8 Å². The second kappa shape index (κ2) is 9.92. The van der Waals surface area contributed by atoms with Gasteiger partial charge in [0.25, 0.3) is 11.6 Å². The number of carbonyl (C=O) groups is 2. The Kier molecular flexibility index (Phi) is 7.07. The molecule has 0 aromatic heterocycles. The number of nitrogens with one attached hydrogen (secondary N) is 1. The van der Waals surface area contributed by atoms with E-state index in [0.717, 1.165) is 0 Å². The van der Waals surface area contributed by atoms with Gasteiger partial charge < -0.3 is 19.7 Å². The number of hydrogen-bond donors (Lipinski definition) is 1. The van der Waals surface area contributed by atoms with Gasteiger partial charge in [0.15, 0.2) is 11.5 Å². The summed E-state index contributed by atoms with van der Waals surface area (Å²) >= 11 is 0. The minimum Gasteiger partial charge on any atom is -0.493 e. The molecule has 2 aromatic rings. The smallest absolute Gasteiger partial charge is 0.272 e. The topological polar surface area (TPSA) is 111 Å². The van der Waals surface area contributed by atoms with E-state index in [9.17, 15) is 19.7 Å². The van der Waals surface area contributed by atoms with Gasteiger partial charge in [-0.25, -0.2) is 0 Å². The number of nitro benzene ring substituents is 1. The van der Waals surface area contributed by atoms with Crippen LogP contribution in [0.5, 0.6) is 11.5 Å². The highest BCUT2D eigenvalue weighted by Gasteiger charge is 2.34. The second-order valence-electron chi connectivity index (χ2n) is 7.21. The lowest BCUT2D eigenvalue weighted by Gasteiger charge is -2.24. The zero-order valence-corrected chi connectivity index (χ0v) is 17.5. The van der Waals surface area contributed by atoms with E-state index in [2.05, 4.69) is 5.32 Å². The van der Waals surface area contributed by atoms with Crippen molar-refractivity contribution in [3.63, 3.8) is 0 Å². The molecule has 1 heterocycles. The summed E-state index contributed by atoms with van der Waals surface area (Å²) in [5, 5.41) is 13.8. The van der Waals surface area contributed by atoms with Crippen LogP contribution in [-0.2, 0) is 4.79 Å². The summed E-state index contributed by atoms with van der Waals surface area (Å²) < 4.78 is 10.9. The molecule has 0 saturated carbocycles. The number of para-hydroxylation sites is 2. The number of nitrogens with zero attached hydrogens (tertiary/aromatic N) is 2. The number of carbonyl (C=O) groups excluding carboxylic acids is 2. The van der Waals surface area contributed by atoms with E-state index < -0.39 is 11.0 Å². The van der Waals surface area contributed by atoms with Gasteiger partial charge in [0.2, 0.25) is 5.91 Å². The zero-order valence-electron chi connectivity index (χ0n) is 17.5. The van der Waals surface area contributed by atoms with Crippen molar-refractivity contribution >= 4 is 17.5 Å². The van der Waals surface area contributed by atoms with Gasteiger partial charge >= 0.3 is 0 Å². The van der Waals surface area contributed by atoms with Gasteiger partial charge in [0.05, 0.1) is 18.6 Å². The molecular weight excluding hydrogens is 402 g/mol. The minimum absolute atomic E-state index is 0.0395. The molecule has 0 bridgehead atoms. The molecule has 0 radical (unpaired) electrons. The van der Waals surface area contributed by atoms with Crippen LogP contribution in [0.25, 0.3) is 0 Å². The van der Waals surface area contributed by atoms with Crippen molar-refractivity contribution in [1.82, 2.24) is 10.2 Å². The number of likely N-dealkylation sites (tertiary alicyclic amines) is 1. The lowest BCUT2D eigenvalue weighted by atomic mass is 10.1. The molecule has 1 aliphatic rings. The second-order valence-corrected chi connectivity index (χ2v) is 7.21. The number of rotatable bonds is 8. The van der Waals surface area contributed by atoms with Crippen LogP contribution < -0.4 is 14.8 Å². The summed E-state index contributed by atoms with van der Waals surface area (Å²) in [6.07, 6.45) is 1.28. The van der Waals surface area contributed by atoms with E-state index >= 15 is 0 Å². The van der Waals surface area contributed by atoms with Gasteiger partial charge in [-0.3, -0.25) is 19.7 Å². The first kappa shape index (κ1) is 22.1. The summed E-state index contributed by atoms with van der Waals surface area (Å²) in [5.74, 6) is 0.652. The summed E-state index contributed by atoms with van der Waals surface area (Å²) in [6, 6.07) is 10.9. The van der Waals surface area contributed by atoms with Crippen LogP contribution in [0.2, 0.25) is 0 Å². The van der Waals surface area contributed by atoms with Crippen LogP contribution in [-0.4, -0.2) is 54.5 Å². The van der Waals surface area contributed by atoms with Gasteiger partial charge in [-0.2, -0.15) is 0 Å². The molecule has 1 atom stereocenters. The highest BCUT2D eigenvalue weighted by atomic mass is 16.6. The molecule has 0 aliphatic carbocycles. The number of amides is 2. The SMILES string of the molecule is COc1ccccc1OCCNC(=O)C1CCCN1C(=O)c1ccc([N+](=O)[O-])c(C)c1. The summed E-state index contributed by atoms with van der Waals surface area (Å²) in [6.45, 7) is 2.59. The number of nitro groups is 1. The first-order valence-corrected chi connectivity index (χ1v) is 10.0. The normalized spacial score (nSPS) is 15.4. The van der Waals surface area contributed by atoms with Gasteiger partial charge in [0, 0.05) is 23.7 Å². The maximum Gasteiger partial charge on any atom is 0.272 e. The number of methoxy groups -OCH3 is 1. The Balaban J connectivity index is 1.57. The van der Waals surface area contributed by atoms with Crippen molar-refractivity contribution < 1.29 is 24.0 Å². The van der Waals surface area contributed by atoms with Crippen LogP contribution in [0.4, 0.5) is 5.69 Å². The van der Waals surface area contributed by atoms with Crippen molar-refractivity contribution in [1.29, 1.82) is 0 Å². The molecule has 9 nitrogen and oxygen atoms in total.